The molecule has 1 aliphatic carbocycles. The van der Waals surface area contributed by atoms with E-state index in [-0.39, 0.29) is 17.9 Å². The van der Waals surface area contributed by atoms with Crippen LogP contribution < -0.4 is 0 Å². The van der Waals surface area contributed by atoms with Gasteiger partial charge < -0.3 is 14.0 Å². The fourth-order valence-corrected chi connectivity index (χ4v) is 5.46. The van der Waals surface area contributed by atoms with Crippen LogP contribution in [0.5, 0.6) is 0 Å². The highest BCUT2D eigenvalue weighted by Gasteiger charge is 2.36. The van der Waals surface area contributed by atoms with Crippen molar-refractivity contribution in [3.63, 3.8) is 0 Å². The van der Waals surface area contributed by atoms with Gasteiger partial charge in [0.2, 0.25) is 11.8 Å². The van der Waals surface area contributed by atoms with Crippen LogP contribution in [0.15, 0.2) is 35.0 Å². The first kappa shape index (κ1) is 21.2. The maximum Gasteiger partial charge on any atom is 0.249 e. The molecule has 1 atom stereocenters. The zero-order valence-electron chi connectivity index (χ0n) is 19.2. The number of aryl methyl sites for hydroxylation is 2. The van der Waals surface area contributed by atoms with Crippen LogP contribution in [0.25, 0.3) is 10.9 Å². The van der Waals surface area contributed by atoms with Crippen molar-refractivity contribution in [1.29, 1.82) is 0 Å². The Bertz CT molecular complexity index is 1080. The molecule has 0 radical (unpaired) electrons. The van der Waals surface area contributed by atoms with Gasteiger partial charge >= 0.3 is 0 Å². The number of nitrogens with zero attached hydrogens (tertiary/aromatic N) is 5. The summed E-state index contributed by atoms with van der Waals surface area (Å²) in [5, 5.41) is 5.33. The van der Waals surface area contributed by atoms with Crippen LogP contribution in [0.1, 0.15) is 62.3 Å². The highest BCUT2D eigenvalue weighted by atomic mass is 16.5. The Morgan fingerprint density at radius 1 is 1.12 bits per heavy atom. The van der Waals surface area contributed by atoms with Crippen LogP contribution >= 0.6 is 0 Å². The molecule has 2 aromatic heterocycles. The van der Waals surface area contributed by atoms with Gasteiger partial charge in [-0.1, -0.05) is 36.2 Å². The summed E-state index contributed by atoms with van der Waals surface area (Å²) >= 11 is 0. The molecule has 1 saturated carbocycles. The fourth-order valence-electron chi connectivity index (χ4n) is 5.46. The molecular formula is C25H33N5O2. The predicted octanol–water partition coefficient (Wildman–Crippen LogP) is 4.32. The monoisotopic (exact) mass is 435 g/mol. The first-order valence-corrected chi connectivity index (χ1v) is 12.0. The van der Waals surface area contributed by atoms with E-state index in [1.54, 1.807) is 0 Å². The molecule has 0 N–H and O–H groups in total. The molecule has 0 bridgehead atoms. The molecule has 7 nitrogen and oxygen atoms in total. The average molecular weight is 436 g/mol. The number of hydrogen-bond acceptors (Lipinski definition) is 5. The summed E-state index contributed by atoms with van der Waals surface area (Å²) < 4.78 is 7.88. The first-order chi connectivity index (χ1) is 15.6. The molecule has 32 heavy (non-hydrogen) atoms. The van der Waals surface area contributed by atoms with Crippen LogP contribution in [-0.4, -0.2) is 50.0 Å². The van der Waals surface area contributed by atoms with Gasteiger partial charge in [0.05, 0.1) is 0 Å². The molecule has 170 valence electrons. The minimum Gasteiger partial charge on any atom is -0.347 e. The molecule has 3 heterocycles. The van der Waals surface area contributed by atoms with Gasteiger partial charge in [0.15, 0.2) is 5.82 Å². The summed E-state index contributed by atoms with van der Waals surface area (Å²) in [7, 11) is 0. The van der Waals surface area contributed by atoms with E-state index in [1.165, 1.54) is 16.5 Å². The van der Waals surface area contributed by atoms with E-state index in [1.807, 2.05) is 11.8 Å². The van der Waals surface area contributed by atoms with Crippen LogP contribution in [0.2, 0.25) is 0 Å². The van der Waals surface area contributed by atoms with Crippen molar-refractivity contribution < 1.29 is 9.32 Å². The number of carbonyl (C=O) groups excluding carboxylic acids is 1. The normalized spacial score (nSPS) is 20.8. The molecule has 0 spiro atoms. The van der Waals surface area contributed by atoms with E-state index >= 15 is 0 Å². The molecule has 2 aliphatic rings. The topological polar surface area (TPSA) is 67.4 Å². The van der Waals surface area contributed by atoms with E-state index in [2.05, 4.69) is 57.0 Å². The zero-order valence-corrected chi connectivity index (χ0v) is 19.2. The number of hydrogen-bond donors (Lipinski definition) is 0. The smallest absolute Gasteiger partial charge is 0.249 e. The number of benzene rings is 1. The number of amides is 1. The summed E-state index contributed by atoms with van der Waals surface area (Å²) in [6.07, 6.45) is 7.42. The standard InChI is InChI=1S/C25H33N5O2/c1-3-29-17-20(21-10-6-7-11-22(21)29)16-28-13-12-23(24-26-18(2)27-32-24)30(15-14-28)25(31)19-8-4-5-9-19/h6-7,10-11,17,19,23H,3-5,8-9,12-16H2,1-2H3. The molecule has 7 heteroatoms. The number of aromatic nitrogens is 3. The second-order valence-electron chi connectivity index (χ2n) is 9.23. The van der Waals surface area contributed by atoms with Crippen molar-refractivity contribution in [2.45, 2.75) is 65.1 Å². The zero-order chi connectivity index (χ0) is 22.1. The second-order valence-corrected chi connectivity index (χ2v) is 9.23. The maximum atomic E-state index is 13.4. The molecule has 1 amide bonds. The third-order valence-electron chi connectivity index (χ3n) is 7.17. The van der Waals surface area contributed by atoms with Gasteiger partial charge in [-0.25, -0.2) is 0 Å². The van der Waals surface area contributed by atoms with E-state index in [0.29, 0.717) is 18.3 Å². The lowest BCUT2D eigenvalue weighted by molar-refractivity contribution is -0.138. The lowest BCUT2D eigenvalue weighted by Gasteiger charge is -2.29. The fraction of sp³-hybridized carbons (Fsp3) is 0.560. The molecule has 2 fully saturated rings. The molecular weight excluding hydrogens is 402 g/mol. The number of carbonyl (C=O) groups is 1. The van der Waals surface area contributed by atoms with Gasteiger partial charge in [-0.05, 0) is 44.7 Å². The van der Waals surface area contributed by atoms with E-state index < -0.39 is 0 Å². The lowest BCUT2D eigenvalue weighted by Crippen LogP contribution is -2.40. The number of fused-ring (bicyclic) bond motifs is 1. The second kappa shape index (κ2) is 9.06. The van der Waals surface area contributed by atoms with Crippen LogP contribution in [0.4, 0.5) is 0 Å². The van der Waals surface area contributed by atoms with Crippen molar-refractivity contribution in [3.05, 3.63) is 47.7 Å². The number of rotatable bonds is 5. The first-order valence-electron chi connectivity index (χ1n) is 12.0. The molecule has 1 saturated heterocycles. The highest BCUT2D eigenvalue weighted by Crippen LogP contribution is 2.33. The van der Waals surface area contributed by atoms with E-state index in [4.69, 9.17) is 4.52 Å². The molecule has 3 aromatic rings. The van der Waals surface area contributed by atoms with E-state index in [0.717, 1.165) is 58.3 Å². The summed E-state index contributed by atoms with van der Waals surface area (Å²) in [5.74, 6) is 1.63. The van der Waals surface area contributed by atoms with Crippen molar-refractivity contribution in [2.24, 2.45) is 5.92 Å². The Hall–Kier alpha value is -2.67. The molecule has 1 aromatic carbocycles. The van der Waals surface area contributed by atoms with Gasteiger partial charge in [0, 0.05) is 55.7 Å². The summed E-state index contributed by atoms with van der Waals surface area (Å²) in [6, 6.07) is 8.50. The van der Waals surface area contributed by atoms with Gasteiger partial charge in [-0.3, -0.25) is 9.69 Å². The van der Waals surface area contributed by atoms with Gasteiger partial charge in [0.25, 0.3) is 0 Å². The minimum atomic E-state index is -0.133. The molecule has 1 aliphatic heterocycles. The Kier molecular flexibility index (Phi) is 6.00. The maximum absolute atomic E-state index is 13.4. The third-order valence-corrected chi connectivity index (χ3v) is 7.17. The Balaban J connectivity index is 1.38. The Labute approximate surface area is 189 Å². The van der Waals surface area contributed by atoms with Crippen molar-refractivity contribution in [1.82, 2.24) is 24.5 Å². The van der Waals surface area contributed by atoms with Crippen LogP contribution in [-0.2, 0) is 17.9 Å². The van der Waals surface area contributed by atoms with Crippen molar-refractivity contribution in [3.8, 4) is 0 Å². The minimum absolute atomic E-state index is 0.133. The molecule has 1 unspecified atom stereocenters. The van der Waals surface area contributed by atoms with Gasteiger partial charge in [-0.2, -0.15) is 4.98 Å². The van der Waals surface area contributed by atoms with Crippen molar-refractivity contribution in [2.75, 3.05) is 19.6 Å². The van der Waals surface area contributed by atoms with Crippen LogP contribution in [0.3, 0.4) is 0 Å². The van der Waals surface area contributed by atoms with E-state index in [9.17, 15) is 4.79 Å². The summed E-state index contributed by atoms with van der Waals surface area (Å²) in [4.78, 5) is 22.5. The van der Waals surface area contributed by atoms with Crippen molar-refractivity contribution >= 4 is 16.8 Å². The third kappa shape index (κ3) is 4.06. The predicted molar refractivity (Wildman–Crippen MR) is 123 cm³/mol. The lowest BCUT2D eigenvalue weighted by atomic mass is 10.0. The summed E-state index contributed by atoms with van der Waals surface area (Å²) in [6.45, 7) is 8.32. The van der Waals surface area contributed by atoms with Crippen LogP contribution in [0, 0.1) is 12.8 Å². The Morgan fingerprint density at radius 3 is 2.69 bits per heavy atom. The van der Waals surface area contributed by atoms with Gasteiger partial charge in [0.1, 0.15) is 6.04 Å². The quantitative estimate of drug-likeness (QED) is 0.597. The Morgan fingerprint density at radius 2 is 1.94 bits per heavy atom. The average Bonchev–Trinajstić information content (AvgIpc) is 3.53. The molecule has 5 rings (SSSR count). The largest absolute Gasteiger partial charge is 0.347 e. The SMILES string of the molecule is CCn1cc(CN2CCC(c3nc(C)no3)N(C(=O)C3CCCC3)CC2)c2ccccc21. The van der Waals surface area contributed by atoms with Gasteiger partial charge in [-0.15, -0.1) is 0 Å². The summed E-state index contributed by atoms with van der Waals surface area (Å²) in [5.41, 5.74) is 2.64. The highest BCUT2D eigenvalue weighted by molar-refractivity contribution is 5.84. The number of para-hydroxylation sites is 1.